The molecule has 1 aromatic rings. The smallest absolute Gasteiger partial charge is 0.374 e. The van der Waals surface area contributed by atoms with Crippen LogP contribution in [0.2, 0.25) is 0 Å². The molecule has 4 nitrogen and oxygen atoms in total. The minimum atomic E-state index is -0.866. The number of benzene rings is 1. The number of Topliss-reactive ketones (excluding diaryl/α,β-unsaturated/α-hetero) is 2. The van der Waals surface area contributed by atoms with E-state index in [1.165, 1.54) is 0 Å². The maximum absolute atomic E-state index is 11.7. The van der Waals surface area contributed by atoms with Crippen LogP contribution in [0, 0.1) is 6.92 Å². The summed E-state index contributed by atoms with van der Waals surface area (Å²) >= 11 is 0. The van der Waals surface area contributed by atoms with Crippen LogP contribution >= 0.6 is 0 Å². The van der Waals surface area contributed by atoms with Gasteiger partial charge in [-0.1, -0.05) is 29.8 Å². The lowest BCUT2D eigenvalue weighted by Gasteiger charge is -2.02. The second kappa shape index (κ2) is 6.69. The molecule has 0 aromatic heterocycles. The number of carbonyl (C=O) groups is 3. The Morgan fingerprint density at radius 2 is 1.67 bits per heavy atom. The summed E-state index contributed by atoms with van der Waals surface area (Å²) in [7, 11) is 0. The summed E-state index contributed by atoms with van der Waals surface area (Å²) in [5.41, 5.74) is 1.62. The lowest BCUT2D eigenvalue weighted by molar-refractivity contribution is -0.153. The van der Waals surface area contributed by atoms with Crippen LogP contribution in [0.1, 0.15) is 35.7 Å². The fourth-order valence-electron chi connectivity index (χ4n) is 1.42. The lowest BCUT2D eigenvalue weighted by Crippen LogP contribution is -2.18. The van der Waals surface area contributed by atoms with Crippen molar-refractivity contribution in [2.45, 2.75) is 26.7 Å². The summed E-state index contributed by atoms with van der Waals surface area (Å²) in [4.78, 5) is 34.1. The third-order valence-electron chi connectivity index (χ3n) is 2.46. The quantitative estimate of drug-likeness (QED) is 0.439. The molecule has 18 heavy (non-hydrogen) atoms. The zero-order valence-corrected chi connectivity index (χ0v) is 10.6. The first-order valence-corrected chi connectivity index (χ1v) is 5.84. The molecule has 0 radical (unpaired) electrons. The summed E-state index contributed by atoms with van der Waals surface area (Å²) in [6.45, 7) is 3.72. The number of hydrogen-bond acceptors (Lipinski definition) is 4. The summed E-state index contributed by atoms with van der Waals surface area (Å²) in [6.07, 6.45) is -0.0771. The molecule has 0 atom stereocenters. The van der Waals surface area contributed by atoms with E-state index >= 15 is 0 Å². The number of esters is 1. The van der Waals surface area contributed by atoms with Crippen molar-refractivity contribution in [2.75, 3.05) is 6.61 Å². The normalized spacial score (nSPS) is 9.89. The minimum Gasteiger partial charge on any atom is -0.460 e. The van der Waals surface area contributed by atoms with Crippen molar-refractivity contribution in [1.82, 2.24) is 0 Å². The van der Waals surface area contributed by atoms with Gasteiger partial charge >= 0.3 is 5.97 Å². The zero-order chi connectivity index (χ0) is 13.5. The molecule has 0 fully saturated rings. The van der Waals surface area contributed by atoms with E-state index in [9.17, 15) is 14.4 Å². The van der Waals surface area contributed by atoms with Crippen LogP contribution < -0.4 is 0 Å². The van der Waals surface area contributed by atoms with Gasteiger partial charge in [-0.2, -0.15) is 0 Å². The third-order valence-corrected chi connectivity index (χ3v) is 2.46. The van der Waals surface area contributed by atoms with Gasteiger partial charge in [0.25, 0.3) is 0 Å². The molecule has 1 rings (SSSR count). The van der Waals surface area contributed by atoms with Crippen molar-refractivity contribution in [3.05, 3.63) is 35.4 Å². The Hall–Kier alpha value is -1.97. The van der Waals surface area contributed by atoms with Crippen LogP contribution in [0.25, 0.3) is 0 Å². The lowest BCUT2D eigenvalue weighted by atomic mass is 10.0. The van der Waals surface area contributed by atoms with Crippen LogP contribution in [0.15, 0.2) is 24.3 Å². The van der Waals surface area contributed by atoms with Gasteiger partial charge in [0.1, 0.15) is 0 Å². The van der Waals surface area contributed by atoms with E-state index in [4.69, 9.17) is 0 Å². The Morgan fingerprint density at radius 3 is 2.22 bits per heavy atom. The van der Waals surface area contributed by atoms with E-state index in [1.807, 2.05) is 19.1 Å². The van der Waals surface area contributed by atoms with Gasteiger partial charge in [-0.3, -0.25) is 9.59 Å². The topological polar surface area (TPSA) is 60.4 Å². The van der Waals surface area contributed by atoms with Gasteiger partial charge in [0, 0.05) is 18.4 Å². The highest BCUT2D eigenvalue weighted by atomic mass is 16.5. The van der Waals surface area contributed by atoms with Gasteiger partial charge in [-0.05, 0) is 13.8 Å². The van der Waals surface area contributed by atoms with Crippen LogP contribution in [-0.4, -0.2) is 24.1 Å². The fraction of sp³-hybridized carbons (Fsp3) is 0.357. The largest absolute Gasteiger partial charge is 0.460 e. The zero-order valence-electron chi connectivity index (χ0n) is 10.6. The van der Waals surface area contributed by atoms with Gasteiger partial charge in [0.2, 0.25) is 5.78 Å². The van der Waals surface area contributed by atoms with E-state index in [0.717, 1.165) is 5.56 Å². The van der Waals surface area contributed by atoms with Crippen molar-refractivity contribution in [2.24, 2.45) is 0 Å². The second-order valence-corrected chi connectivity index (χ2v) is 3.93. The molecule has 4 heteroatoms. The standard InChI is InChI=1S/C14H16O4/c1-3-18-14(17)13(16)9-8-12(15)11-6-4-10(2)5-7-11/h4-7H,3,8-9H2,1-2H3. The van der Waals surface area contributed by atoms with Gasteiger partial charge in [-0.25, -0.2) is 4.79 Å². The molecule has 0 saturated carbocycles. The molecule has 0 heterocycles. The van der Waals surface area contributed by atoms with E-state index in [0.29, 0.717) is 5.56 Å². The molecule has 0 N–H and O–H groups in total. The van der Waals surface area contributed by atoms with E-state index in [1.54, 1.807) is 19.1 Å². The van der Waals surface area contributed by atoms with E-state index in [-0.39, 0.29) is 25.2 Å². The summed E-state index contributed by atoms with van der Waals surface area (Å²) in [6, 6.07) is 7.10. The first-order valence-electron chi connectivity index (χ1n) is 5.84. The fourth-order valence-corrected chi connectivity index (χ4v) is 1.42. The van der Waals surface area contributed by atoms with Crippen molar-refractivity contribution in [1.29, 1.82) is 0 Å². The number of ether oxygens (including phenoxy) is 1. The monoisotopic (exact) mass is 248 g/mol. The Bertz CT molecular complexity index is 445. The minimum absolute atomic E-state index is 0.0285. The number of ketones is 2. The Labute approximate surface area is 106 Å². The van der Waals surface area contributed by atoms with Gasteiger partial charge < -0.3 is 4.74 Å². The first-order chi connectivity index (χ1) is 8.54. The average molecular weight is 248 g/mol. The van der Waals surface area contributed by atoms with E-state index in [2.05, 4.69) is 4.74 Å². The van der Waals surface area contributed by atoms with Gasteiger partial charge in [0.15, 0.2) is 5.78 Å². The molecule has 0 spiro atoms. The van der Waals surface area contributed by atoms with Crippen molar-refractivity contribution in [3.8, 4) is 0 Å². The maximum Gasteiger partial charge on any atom is 0.374 e. The van der Waals surface area contributed by atoms with Crippen LogP contribution in [0.3, 0.4) is 0 Å². The Balaban J connectivity index is 2.49. The summed E-state index contributed by atoms with van der Waals surface area (Å²) in [5, 5.41) is 0. The van der Waals surface area contributed by atoms with Gasteiger partial charge in [-0.15, -0.1) is 0 Å². The molecule has 1 aromatic carbocycles. The molecule has 0 aliphatic carbocycles. The van der Waals surface area contributed by atoms with Crippen molar-refractivity contribution >= 4 is 17.5 Å². The Kier molecular flexibility index (Phi) is 5.24. The molecule has 0 amide bonds. The Morgan fingerprint density at radius 1 is 1.06 bits per heavy atom. The predicted molar refractivity (Wildman–Crippen MR) is 66.4 cm³/mol. The second-order valence-electron chi connectivity index (χ2n) is 3.93. The molecule has 96 valence electrons. The third kappa shape index (κ3) is 4.13. The molecular weight excluding hydrogens is 232 g/mol. The number of hydrogen-bond donors (Lipinski definition) is 0. The number of aryl methyl sites for hydroxylation is 1. The SMILES string of the molecule is CCOC(=O)C(=O)CCC(=O)c1ccc(C)cc1. The van der Waals surface area contributed by atoms with Crippen LogP contribution in [0.5, 0.6) is 0 Å². The van der Waals surface area contributed by atoms with Crippen molar-refractivity contribution in [3.63, 3.8) is 0 Å². The number of rotatable bonds is 6. The highest BCUT2D eigenvalue weighted by Crippen LogP contribution is 2.08. The average Bonchev–Trinajstić information content (AvgIpc) is 2.36. The molecule has 0 unspecified atom stereocenters. The van der Waals surface area contributed by atoms with Crippen LogP contribution in [-0.2, 0) is 14.3 Å². The highest BCUT2D eigenvalue weighted by molar-refractivity contribution is 6.34. The predicted octanol–water partition coefficient (Wildman–Crippen LogP) is 2.09. The van der Waals surface area contributed by atoms with Crippen LogP contribution in [0.4, 0.5) is 0 Å². The summed E-state index contributed by atoms with van der Waals surface area (Å²) < 4.78 is 4.56. The maximum atomic E-state index is 11.7. The molecule has 0 aliphatic rings. The highest BCUT2D eigenvalue weighted by Gasteiger charge is 2.16. The number of carbonyl (C=O) groups excluding carboxylic acids is 3. The van der Waals surface area contributed by atoms with Gasteiger partial charge in [0.05, 0.1) is 6.61 Å². The van der Waals surface area contributed by atoms with E-state index < -0.39 is 11.8 Å². The molecular formula is C14H16O4. The molecule has 0 aliphatic heterocycles. The molecule has 0 saturated heterocycles. The summed E-state index contributed by atoms with van der Waals surface area (Å²) in [5.74, 6) is -1.67. The van der Waals surface area contributed by atoms with Crippen molar-refractivity contribution < 1.29 is 19.1 Å². The molecule has 0 bridgehead atoms. The first kappa shape index (κ1) is 14.1.